The predicted molar refractivity (Wildman–Crippen MR) is 93.4 cm³/mol. The van der Waals surface area contributed by atoms with Gasteiger partial charge in [-0.05, 0) is 48.2 Å². The van der Waals surface area contributed by atoms with E-state index in [1.807, 2.05) is 6.20 Å². The van der Waals surface area contributed by atoms with Gasteiger partial charge in [-0.3, -0.25) is 0 Å². The van der Waals surface area contributed by atoms with Gasteiger partial charge in [-0.15, -0.1) is 11.3 Å². The van der Waals surface area contributed by atoms with Crippen LogP contribution in [-0.2, 0) is 0 Å². The standard InChI is InChI=1S/C19H14N3S/c1-3-13(18-10-20-19(23-18)14-5-6-14)4-2-12(1)15-7-8-16-17(9-15)22-11-21-16/h1-3,7-11,14H,5-6H2,(H,21,22). The number of aromatic nitrogens is 3. The van der Waals surface area contributed by atoms with E-state index in [4.69, 9.17) is 0 Å². The molecule has 0 bridgehead atoms. The van der Waals surface area contributed by atoms with Gasteiger partial charge in [0.15, 0.2) is 0 Å². The minimum absolute atomic E-state index is 0.716. The molecule has 0 spiro atoms. The highest BCUT2D eigenvalue weighted by molar-refractivity contribution is 7.15. The van der Waals surface area contributed by atoms with Crippen LogP contribution in [0.1, 0.15) is 23.8 Å². The van der Waals surface area contributed by atoms with Crippen LogP contribution >= 0.6 is 11.3 Å². The van der Waals surface area contributed by atoms with E-state index < -0.39 is 0 Å². The zero-order valence-electron chi connectivity index (χ0n) is 12.4. The van der Waals surface area contributed by atoms with E-state index in [0.717, 1.165) is 27.7 Å². The van der Waals surface area contributed by atoms with Gasteiger partial charge in [0, 0.05) is 17.7 Å². The lowest BCUT2D eigenvalue weighted by atomic mass is 10.0. The zero-order chi connectivity index (χ0) is 15.2. The molecule has 4 aromatic rings. The van der Waals surface area contributed by atoms with Gasteiger partial charge < -0.3 is 4.98 Å². The zero-order valence-corrected chi connectivity index (χ0v) is 13.2. The Morgan fingerprint density at radius 2 is 2.00 bits per heavy atom. The van der Waals surface area contributed by atoms with Gasteiger partial charge in [-0.2, -0.15) is 0 Å². The smallest absolute Gasteiger partial charge is 0.0962 e. The van der Waals surface area contributed by atoms with Gasteiger partial charge in [0.05, 0.1) is 27.2 Å². The number of hydrogen-bond donors (Lipinski definition) is 1. The molecule has 111 valence electrons. The van der Waals surface area contributed by atoms with Crippen LogP contribution in [0.3, 0.4) is 0 Å². The number of fused-ring (bicyclic) bond motifs is 1. The number of aromatic amines is 1. The van der Waals surface area contributed by atoms with Crippen LogP contribution in [0.5, 0.6) is 0 Å². The lowest BCUT2D eigenvalue weighted by Gasteiger charge is -2.03. The van der Waals surface area contributed by atoms with E-state index >= 15 is 0 Å². The highest BCUT2D eigenvalue weighted by Gasteiger charge is 2.26. The first-order valence-corrected chi connectivity index (χ1v) is 8.60. The highest BCUT2D eigenvalue weighted by atomic mass is 32.1. The first kappa shape index (κ1) is 13.0. The molecule has 1 N–H and O–H groups in total. The Morgan fingerprint density at radius 1 is 1.09 bits per heavy atom. The van der Waals surface area contributed by atoms with E-state index in [1.54, 1.807) is 17.7 Å². The van der Waals surface area contributed by atoms with Crippen molar-refractivity contribution >= 4 is 22.4 Å². The molecule has 1 aliphatic carbocycles. The average Bonchev–Trinajstić information content (AvgIpc) is 3.14. The second kappa shape index (κ2) is 5.03. The summed E-state index contributed by atoms with van der Waals surface area (Å²) in [5, 5.41) is 1.28. The summed E-state index contributed by atoms with van der Waals surface area (Å²) in [6.07, 6.45) is 6.31. The van der Waals surface area contributed by atoms with Crippen molar-refractivity contribution in [1.82, 2.24) is 15.0 Å². The highest BCUT2D eigenvalue weighted by Crippen LogP contribution is 2.43. The minimum atomic E-state index is 0.716. The van der Waals surface area contributed by atoms with Crippen LogP contribution in [0, 0.1) is 6.07 Å². The fourth-order valence-electron chi connectivity index (χ4n) is 2.80. The molecule has 23 heavy (non-hydrogen) atoms. The third-order valence-corrected chi connectivity index (χ3v) is 5.48. The summed E-state index contributed by atoms with van der Waals surface area (Å²) in [6, 6.07) is 16.0. The minimum Gasteiger partial charge on any atom is -0.345 e. The Balaban J connectivity index is 1.47. The van der Waals surface area contributed by atoms with Crippen molar-refractivity contribution in [2.24, 2.45) is 0 Å². The lowest BCUT2D eigenvalue weighted by Crippen LogP contribution is -1.80. The largest absolute Gasteiger partial charge is 0.345 e. The van der Waals surface area contributed by atoms with Crippen molar-refractivity contribution in [3.8, 4) is 21.6 Å². The van der Waals surface area contributed by atoms with Crippen LogP contribution in [-0.4, -0.2) is 15.0 Å². The van der Waals surface area contributed by atoms with Crippen molar-refractivity contribution in [3.63, 3.8) is 0 Å². The van der Waals surface area contributed by atoms with Crippen molar-refractivity contribution in [3.05, 3.63) is 60.0 Å². The normalized spacial score (nSPS) is 14.4. The number of nitrogens with zero attached hydrogens (tertiary/aromatic N) is 2. The summed E-state index contributed by atoms with van der Waals surface area (Å²) in [4.78, 5) is 13.2. The topological polar surface area (TPSA) is 41.6 Å². The first-order valence-electron chi connectivity index (χ1n) is 7.78. The van der Waals surface area contributed by atoms with Gasteiger partial charge in [0.2, 0.25) is 0 Å². The first-order chi connectivity index (χ1) is 11.4. The number of thiazole rings is 1. The molecular formula is C19H14N3S. The molecule has 0 amide bonds. The molecule has 2 heterocycles. The van der Waals surface area contributed by atoms with E-state index in [2.05, 4.69) is 57.4 Å². The van der Waals surface area contributed by atoms with Crippen molar-refractivity contribution in [2.75, 3.05) is 0 Å². The molecule has 1 saturated carbocycles. The van der Waals surface area contributed by atoms with Crippen molar-refractivity contribution in [2.45, 2.75) is 18.8 Å². The number of hydrogen-bond acceptors (Lipinski definition) is 3. The maximum absolute atomic E-state index is 4.55. The van der Waals surface area contributed by atoms with Crippen LogP contribution in [0.4, 0.5) is 0 Å². The van der Waals surface area contributed by atoms with Crippen LogP contribution in [0.15, 0.2) is 48.9 Å². The third-order valence-electron chi connectivity index (χ3n) is 4.28. The maximum atomic E-state index is 4.55. The van der Waals surface area contributed by atoms with E-state index in [1.165, 1.54) is 22.7 Å². The molecule has 2 aromatic carbocycles. The van der Waals surface area contributed by atoms with Crippen molar-refractivity contribution in [1.29, 1.82) is 0 Å². The summed E-state index contributed by atoms with van der Waals surface area (Å²) in [7, 11) is 0. The number of benzene rings is 2. The van der Waals surface area contributed by atoms with Gasteiger partial charge >= 0.3 is 0 Å². The molecule has 4 heteroatoms. The van der Waals surface area contributed by atoms with Crippen molar-refractivity contribution < 1.29 is 0 Å². The molecule has 5 rings (SSSR count). The molecule has 0 aliphatic heterocycles. The van der Waals surface area contributed by atoms with Crippen LogP contribution in [0.2, 0.25) is 0 Å². The van der Waals surface area contributed by atoms with Crippen LogP contribution in [0.25, 0.3) is 32.6 Å². The molecule has 1 radical (unpaired) electrons. The van der Waals surface area contributed by atoms with Gasteiger partial charge in [-0.25, -0.2) is 9.97 Å². The monoisotopic (exact) mass is 316 g/mol. The third kappa shape index (κ3) is 2.35. The fraction of sp³-hybridized carbons (Fsp3) is 0.158. The van der Waals surface area contributed by atoms with E-state index in [9.17, 15) is 0 Å². The van der Waals surface area contributed by atoms with Crippen LogP contribution < -0.4 is 0 Å². The van der Waals surface area contributed by atoms with Gasteiger partial charge in [-0.1, -0.05) is 18.2 Å². The van der Waals surface area contributed by atoms with Gasteiger partial charge in [0.1, 0.15) is 0 Å². The molecule has 1 fully saturated rings. The summed E-state index contributed by atoms with van der Waals surface area (Å²) in [5.74, 6) is 0.716. The molecule has 0 saturated heterocycles. The summed E-state index contributed by atoms with van der Waals surface area (Å²) >= 11 is 1.80. The Bertz CT molecular complexity index is 977. The fourth-order valence-corrected chi connectivity index (χ4v) is 3.88. The van der Waals surface area contributed by atoms with E-state index in [-0.39, 0.29) is 0 Å². The molecule has 0 atom stereocenters. The summed E-state index contributed by atoms with van der Waals surface area (Å²) < 4.78 is 0. The number of imidazole rings is 1. The summed E-state index contributed by atoms with van der Waals surface area (Å²) in [5.41, 5.74) is 5.50. The quantitative estimate of drug-likeness (QED) is 0.576. The van der Waals surface area contributed by atoms with E-state index in [0.29, 0.717) is 5.92 Å². The maximum Gasteiger partial charge on any atom is 0.0962 e. The number of rotatable bonds is 3. The molecular weight excluding hydrogens is 302 g/mol. The number of H-pyrrole nitrogens is 1. The Labute approximate surface area is 138 Å². The molecule has 2 aromatic heterocycles. The summed E-state index contributed by atoms with van der Waals surface area (Å²) in [6.45, 7) is 0. The predicted octanol–water partition coefficient (Wildman–Crippen LogP) is 5.03. The second-order valence-electron chi connectivity index (χ2n) is 5.96. The molecule has 0 unspecified atom stereocenters. The number of nitrogens with one attached hydrogen (secondary N) is 1. The Morgan fingerprint density at radius 3 is 2.83 bits per heavy atom. The Kier molecular flexibility index (Phi) is 2.85. The average molecular weight is 316 g/mol. The SMILES string of the molecule is [c]1cc(-c2ccc3[nH]cnc3c2)ccc1-c1cnc(C2CC2)s1. The lowest BCUT2D eigenvalue weighted by molar-refractivity contribution is 1.08. The second-order valence-corrected chi connectivity index (χ2v) is 7.02. The molecule has 1 aliphatic rings. The molecule has 3 nitrogen and oxygen atoms in total. The van der Waals surface area contributed by atoms with Gasteiger partial charge in [0.25, 0.3) is 0 Å². The Hall–Kier alpha value is -2.46.